The van der Waals surface area contributed by atoms with Crippen molar-refractivity contribution < 1.29 is 18.1 Å². The summed E-state index contributed by atoms with van der Waals surface area (Å²) in [5, 5.41) is 5.54. The van der Waals surface area contributed by atoms with Crippen molar-refractivity contribution in [2.45, 2.75) is 19.3 Å². The van der Waals surface area contributed by atoms with Gasteiger partial charge in [0, 0.05) is 11.3 Å². The first-order valence-corrected chi connectivity index (χ1v) is 5.68. The molecule has 4 nitrogen and oxygen atoms in total. The van der Waals surface area contributed by atoms with Crippen molar-refractivity contribution in [2.75, 3.05) is 0 Å². The number of hydrogen-bond donors (Lipinski definition) is 0. The zero-order chi connectivity index (χ0) is 12.3. The van der Waals surface area contributed by atoms with E-state index in [0.717, 1.165) is 4.88 Å². The van der Waals surface area contributed by atoms with Crippen LogP contribution in [0, 0.1) is 0 Å². The van der Waals surface area contributed by atoms with Gasteiger partial charge in [-0.15, -0.1) is 11.3 Å². The van der Waals surface area contributed by atoms with Crippen LogP contribution in [0.4, 0.5) is 8.78 Å². The Bertz CT molecular complexity index is 496. The molecule has 0 N–H and O–H groups in total. The Balaban J connectivity index is 1.99. The van der Waals surface area contributed by atoms with Gasteiger partial charge in [-0.2, -0.15) is 4.98 Å². The van der Waals surface area contributed by atoms with Crippen molar-refractivity contribution in [1.82, 2.24) is 10.1 Å². The van der Waals surface area contributed by atoms with Crippen LogP contribution in [-0.4, -0.2) is 22.3 Å². The summed E-state index contributed by atoms with van der Waals surface area (Å²) in [5.41, 5.74) is 0. The van der Waals surface area contributed by atoms with Crippen LogP contribution >= 0.6 is 11.3 Å². The van der Waals surface area contributed by atoms with Crippen LogP contribution in [0.15, 0.2) is 22.0 Å². The van der Waals surface area contributed by atoms with E-state index >= 15 is 0 Å². The van der Waals surface area contributed by atoms with Gasteiger partial charge in [-0.05, 0) is 11.4 Å². The fourth-order valence-corrected chi connectivity index (χ4v) is 1.93. The molecule has 2 heterocycles. The molecule has 0 spiro atoms. The Morgan fingerprint density at radius 3 is 3.00 bits per heavy atom. The number of thiophene rings is 1. The quantitative estimate of drug-likeness (QED) is 0.824. The van der Waals surface area contributed by atoms with Crippen LogP contribution in [0.3, 0.4) is 0 Å². The lowest BCUT2D eigenvalue weighted by molar-refractivity contribution is -0.129. The Hall–Kier alpha value is -1.63. The van der Waals surface area contributed by atoms with E-state index in [-0.39, 0.29) is 5.89 Å². The number of rotatable bonds is 5. The maximum absolute atomic E-state index is 12.0. The molecule has 0 aliphatic carbocycles. The number of alkyl halides is 2. The number of carbonyl (C=O) groups is 1. The predicted molar refractivity (Wildman–Crippen MR) is 56.1 cm³/mol. The van der Waals surface area contributed by atoms with Gasteiger partial charge in [0.2, 0.25) is 11.7 Å². The zero-order valence-electron chi connectivity index (χ0n) is 8.60. The minimum Gasteiger partial charge on any atom is -0.339 e. The predicted octanol–water partition coefficient (Wildman–Crippen LogP) is 2.10. The minimum atomic E-state index is -3.00. The molecule has 2 aromatic rings. The largest absolute Gasteiger partial charge is 0.339 e. The minimum absolute atomic E-state index is 0.0677. The molecule has 7 heteroatoms. The summed E-state index contributed by atoms with van der Waals surface area (Å²) in [4.78, 5) is 15.7. The highest BCUT2D eigenvalue weighted by Crippen LogP contribution is 2.13. The lowest BCUT2D eigenvalue weighted by Crippen LogP contribution is -2.12. The van der Waals surface area contributed by atoms with E-state index in [0.29, 0.717) is 12.2 Å². The van der Waals surface area contributed by atoms with Gasteiger partial charge in [0.25, 0.3) is 6.43 Å². The molecule has 0 saturated heterocycles. The molecule has 0 bridgehead atoms. The number of aromatic nitrogens is 2. The standard InChI is InChI=1S/C10H8F2N2O2S/c11-10(12)7(15)5-9-13-8(14-16-9)4-6-2-1-3-17-6/h1-3,10H,4-5H2. The molecule has 0 saturated carbocycles. The van der Waals surface area contributed by atoms with E-state index in [4.69, 9.17) is 4.52 Å². The van der Waals surface area contributed by atoms with Crippen molar-refractivity contribution in [1.29, 1.82) is 0 Å². The molecule has 0 atom stereocenters. The number of halogens is 2. The van der Waals surface area contributed by atoms with Gasteiger partial charge in [0.05, 0.1) is 6.42 Å². The number of nitrogens with zero attached hydrogens (tertiary/aromatic N) is 2. The maximum atomic E-state index is 12.0. The Kier molecular flexibility index (Phi) is 3.58. The van der Waals surface area contributed by atoms with Gasteiger partial charge in [0.1, 0.15) is 0 Å². The highest BCUT2D eigenvalue weighted by atomic mass is 32.1. The lowest BCUT2D eigenvalue weighted by atomic mass is 10.3. The fraction of sp³-hybridized carbons (Fsp3) is 0.300. The van der Waals surface area contributed by atoms with Crippen LogP contribution in [0.2, 0.25) is 0 Å². The van der Waals surface area contributed by atoms with E-state index in [9.17, 15) is 13.6 Å². The SMILES string of the molecule is O=C(Cc1nc(Cc2cccs2)no1)C(F)F. The number of carbonyl (C=O) groups excluding carboxylic acids is 1. The normalized spacial score (nSPS) is 11.0. The van der Waals surface area contributed by atoms with Gasteiger partial charge in [-0.3, -0.25) is 4.79 Å². The van der Waals surface area contributed by atoms with Crippen molar-refractivity contribution >= 4 is 17.1 Å². The van der Waals surface area contributed by atoms with Crippen LogP contribution in [-0.2, 0) is 17.6 Å². The topological polar surface area (TPSA) is 56.0 Å². The van der Waals surface area contributed by atoms with Gasteiger partial charge in [-0.25, -0.2) is 8.78 Å². The summed E-state index contributed by atoms with van der Waals surface area (Å²) < 4.78 is 28.7. The summed E-state index contributed by atoms with van der Waals surface area (Å²) in [6, 6.07) is 3.80. The summed E-state index contributed by atoms with van der Waals surface area (Å²) >= 11 is 1.54. The van der Waals surface area contributed by atoms with E-state index < -0.39 is 18.6 Å². The number of hydrogen-bond acceptors (Lipinski definition) is 5. The molecule has 0 fully saturated rings. The molecule has 2 rings (SSSR count). The molecule has 0 amide bonds. The molecule has 0 radical (unpaired) electrons. The highest BCUT2D eigenvalue weighted by molar-refractivity contribution is 7.09. The van der Waals surface area contributed by atoms with Crippen LogP contribution in [0.25, 0.3) is 0 Å². The summed E-state index contributed by atoms with van der Waals surface area (Å²) in [5.74, 6) is -0.886. The van der Waals surface area contributed by atoms with Gasteiger partial charge < -0.3 is 4.52 Å². The number of ketones is 1. The first-order chi connectivity index (χ1) is 8.15. The molecule has 0 aliphatic rings. The molecular formula is C10H8F2N2O2S. The highest BCUT2D eigenvalue weighted by Gasteiger charge is 2.19. The third kappa shape index (κ3) is 3.16. The summed E-state index contributed by atoms with van der Waals surface area (Å²) in [7, 11) is 0. The van der Waals surface area contributed by atoms with Crippen molar-refractivity contribution in [3.05, 3.63) is 34.1 Å². The average Bonchev–Trinajstić information content (AvgIpc) is 2.91. The van der Waals surface area contributed by atoms with Crippen molar-refractivity contribution in [3.8, 4) is 0 Å². The molecule has 2 aromatic heterocycles. The van der Waals surface area contributed by atoms with Crippen LogP contribution in [0.1, 0.15) is 16.6 Å². The average molecular weight is 258 g/mol. The smallest absolute Gasteiger partial charge is 0.296 e. The van der Waals surface area contributed by atoms with E-state index in [1.165, 1.54) is 11.3 Å². The maximum Gasteiger partial charge on any atom is 0.296 e. The molecule has 0 aliphatic heterocycles. The summed E-state index contributed by atoms with van der Waals surface area (Å²) in [6.45, 7) is 0. The summed E-state index contributed by atoms with van der Waals surface area (Å²) in [6.07, 6.45) is -3.04. The van der Waals surface area contributed by atoms with Gasteiger partial charge in [0.15, 0.2) is 5.82 Å². The second-order valence-corrected chi connectivity index (χ2v) is 4.34. The first kappa shape index (κ1) is 11.8. The van der Waals surface area contributed by atoms with E-state index in [1.807, 2.05) is 17.5 Å². The third-order valence-corrected chi connectivity index (χ3v) is 2.87. The zero-order valence-corrected chi connectivity index (χ0v) is 9.42. The monoisotopic (exact) mass is 258 g/mol. The molecular weight excluding hydrogens is 250 g/mol. The van der Waals surface area contributed by atoms with E-state index in [1.54, 1.807) is 0 Å². The van der Waals surface area contributed by atoms with Gasteiger partial charge >= 0.3 is 0 Å². The van der Waals surface area contributed by atoms with Crippen LogP contribution < -0.4 is 0 Å². The molecule has 17 heavy (non-hydrogen) atoms. The fourth-order valence-electron chi connectivity index (χ4n) is 1.23. The second-order valence-electron chi connectivity index (χ2n) is 3.30. The lowest BCUT2D eigenvalue weighted by Gasteiger charge is -1.92. The molecule has 90 valence electrons. The Labute approximate surface area is 99.3 Å². The first-order valence-electron chi connectivity index (χ1n) is 4.80. The van der Waals surface area contributed by atoms with Crippen molar-refractivity contribution in [2.24, 2.45) is 0 Å². The second kappa shape index (κ2) is 5.13. The number of Topliss-reactive ketones (excluding diaryl/α,β-unsaturated/α-hetero) is 1. The third-order valence-electron chi connectivity index (χ3n) is 1.99. The Morgan fingerprint density at radius 1 is 1.53 bits per heavy atom. The van der Waals surface area contributed by atoms with Crippen LogP contribution in [0.5, 0.6) is 0 Å². The van der Waals surface area contributed by atoms with E-state index in [2.05, 4.69) is 10.1 Å². The van der Waals surface area contributed by atoms with Gasteiger partial charge in [-0.1, -0.05) is 11.2 Å². The Morgan fingerprint density at radius 2 is 2.35 bits per heavy atom. The molecule has 0 unspecified atom stereocenters. The molecule has 0 aromatic carbocycles. The van der Waals surface area contributed by atoms with Crippen molar-refractivity contribution in [3.63, 3.8) is 0 Å².